The summed E-state index contributed by atoms with van der Waals surface area (Å²) < 4.78 is 32.4. The minimum Gasteiger partial charge on any atom is -0.355 e. The van der Waals surface area contributed by atoms with Gasteiger partial charge in [-0.2, -0.15) is 10.2 Å². The maximum atomic E-state index is 16.2. The van der Waals surface area contributed by atoms with Gasteiger partial charge in [-0.05, 0) is 124 Å². The Morgan fingerprint density at radius 1 is 0.570 bits per heavy atom. The summed E-state index contributed by atoms with van der Waals surface area (Å²) >= 11 is 0. The number of rotatable bonds is 11. The van der Waals surface area contributed by atoms with Crippen molar-refractivity contribution in [3.05, 3.63) is 145 Å². The minimum atomic E-state index is -0.392. The van der Waals surface area contributed by atoms with E-state index < -0.39 is 5.82 Å². The van der Waals surface area contributed by atoms with E-state index in [0.29, 0.717) is 67.2 Å². The molecular formula is C61H62F2N16. The molecule has 3 fully saturated rings. The Morgan fingerprint density at radius 2 is 1.08 bits per heavy atom. The molecule has 5 N–H and O–H groups in total. The summed E-state index contributed by atoms with van der Waals surface area (Å²) in [6.45, 7) is 15.0. The van der Waals surface area contributed by atoms with E-state index in [-0.39, 0.29) is 5.82 Å². The topological polar surface area (TPSA) is 188 Å². The molecule has 11 aromatic rings. The summed E-state index contributed by atoms with van der Waals surface area (Å²) in [6.07, 6.45) is 20.1. The van der Waals surface area contributed by atoms with E-state index in [0.717, 1.165) is 128 Å². The Hall–Kier alpha value is -8.90. The van der Waals surface area contributed by atoms with Crippen molar-refractivity contribution in [3.8, 4) is 45.3 Å². The highest BCUT2D eigenvalue weighted by Crippen LogP contribution is 2.38. The number of aromatic nitrogens is 12. The van der Waals surface area contributed by atoms with Gasteiger partial charge < -0.3 is 25.1 Å². The quantitative estimate of drug-likeness (QED) is 0.0826. The van der Waals surface area contributed by atoms with E-state index in [1.807, 2.05) is 86.8 Å². The van der Waals surface area contributed by atoms with Crippen LogP contribution in [0.15, 0.2) is 123 Å². The number of anilines is 3. The van der Waals surface area contributed by atoms with E-state index in [4.69, 9.17) is 9.97 Å². The molecule has 0 saturated carbocycles. The minimum absolute atomic E-state index is 0.323. The van der Waals surface area contributed by atoms with Gasteiger partial charge in [-0.15, -0.1) is 0 Å². The normalized spacial score (nSPS) is 14.9. The molecule has 79 heavy (non-hydrogen) atoms. The molecule has 3 aromatic carbocycles. The average molecular weight is 1060 g/mol. The number of piperidine rings is 2. The van der Waals surface area contributed by atoms with Crippen LogP contribution in [0.1, 0.15) is 76.3 Å². The van der Waals surface area contributed by atoms with Gasteiger partial charge in [0.25, 0.3) is 0 Å². The summed E-state index contributed by atoms with van der Waals surface area (Å²) in [5, 5.41) is 19.0. The summed E-state index contributed by atoms with van der Waals surface area (Å²) in [5.74, 6) is 2.05. The maximum absolute atomic E-state index is 16.2. The number of benzene rings is 3. The van der Waals surface area contributed by atoms with Crippen LogP contribution in [0.4, 0.5) is 26.1 Å². The Morgan fingerprint density at radius 3 is 1.62 bits per heavy atom. The Labute approximate surface area is 455 Å². The summed E-state index contributed by atoms with van der Waals surface area (Å²) in [5.41, 5.74) is 11.3. The summed E-state index contributed by atoms with van der Waals surface area (Å²) in [4.78, 5) is 41.5. The van der Waals surface area contributed by atoms with Gasteiger partial charge in [-0.25, -0.2) is 28.7 Å². The highest BCUT2D eigenvalue weighted by Gasteiger charge is 2.25. The first-order valence-corrected chi connectivity index (χ1v) is 27.6. The number of hydrogen-bond acceptors (Lipinski definition) is 12. The van der Waals surface area contributed by atoms with Gasteiger partial charge >= 0.3 is 0 Å². The van der Waals surface area contributed by atoms with Gasteiger partial charge in [-0.1, -0.05) is 50.8 Å². The lowest BCUT2D eigenvalue weighted by Crippen LogP contribution is -2.30. The Bertz CT molecular complexity index is 3940. The van der Waals surface area contributed by atoms with Crippen LogP contribution in [-0.2, 0) is 6.54 Å². The lowest BCUT2D eigenvalue weighted by molar-refractivity contribution is 0.331. The molecular weight excluding hydrogens is 995 g/mol. The molecule has 14 rings (SSSR count). The number of likely N-dealkylation sites (tertiary alicyclic amines) is 1. The van der Waals surface area contributed by atoms with Crippen molar-refractivity contribution in [1.29, 1.82) is 0 Å². The fourth-order valence-corrected chi connectivity index (χ4v) is 11.1. The number of H-pyrrole nitrogens is 4. The first-order chi connectivity index (χ1) is 38.9. The van der Waals surface area contributed by atoms with Crippen LogP contribution in [0, 0.1) is 11.6 Å². The van der Waals surface area contributed by atoms with Crippen LogP contribution in [0.5, 0.6) is 0 Å². The number of fused-ring (bicyclic) bond motifs is 4. The number of halogens is 2. The van der Waals surface area contributed by atoms with E-state index in [1.54, 1.807) is 43.1 Å². The zero-order valence-electron chi connectivity index (χ0n) is 44.5. The molecule has 18 heteroatoms. The van der Waals surface area contributed by atoms with Crippen molar-refractivity contribution < 1.29 is 8.78 Å². The fraction of sp³-hybridized carbons (Fsp3) is 0.279. The van der Waals surface area contributed by atoms with Crippen molar-refractivity contribution in [2.24, 2.45) is 0 Å². The van der Waals surface area contributed by atoms with Crippen LogP contribution < -0.4 is 15.1 Å². The molecule has 16 nitrogen and oxygen atoms in total. The van der Waals surface area contributed by atoms with Gasteiger partial charge in [0.1, 0.15) is 34.1 Å². The van der Waals surface area contributed by atoms with Gasteiger partial charge in [-0.3, -0.25) is 25.1 Å². The molecule has 0 aliphatic carbocycles. The molecule has 0 unspecified atom stereocenters. The first kappa shape index (κ1) is 50.9. The Kier molecular flexibility index (Phi) is 14.6. The number of hydrogen-bond donors (Lipinski definition) is 5. The van der Waals surface area contributed by atoms with E-state index in [2.05, 4.69) is 76.9 Å². The van der Waals surface area contributed by atoms with Crippen molar-refractivity contribution in [2.75, 3.05) is 54.4 Å². The van der Waals surface area contributed by atoms with Crippen molar-refractivity contribution in [2.45, 2.75) is 71.8 Å². The lowest BCUT2D eigenvalue weighted by Gasteiger charge is -2.27. The molecule has 3 saturated heterocycles. The lowest BCUT2D eigenvalue weighted by atomic mass is 10.0. The standard InChI is InChI=1S/C31H27FN8.C28H29FN8.C2H6/c1-19(20-8-4-2-5-9-20)35-22-16-21(17-33-18-22)23-10-11-24-26(27(23)32)29(39-38-24)30-36-25-12-13-34-31(28(25)37-30)40-14-6-3-7-15-40;29-24-20(19-14-18(15-30-16-19)17-36-10-4-5-11-36)6-7-21-23(24)26(35-34-21)27-32-22-8-9-31-28(25(22)33-27)37-12-2-1-3-13-37;1-2/h2,4-5,8-13,16-18,35H,1,3,6-7,14-15H2,(H,36,37)(H,38,39);6-9,14-16H,1-5,10-13,17H2,(H,32,33)(H,34,35);1-2H3. The summed E-state index contributed by atoms with van der Waals surface area (Å²) in [6, 6.07) is 24.8. The molecule has 0 spiro atoms. The molecule has 0 bridgehead atoms. The Balaban J connectivity index is 0.000000153. The molecule has 3 aliphatic heterocycles. The third-order valence-corrected chi connectivity index (χ3v) is 15.0. The zero-order valence-corrected chi connectivity index (χ0v) is 44.5. The summed E-state index contributed by atoms with van der Waals surface area (Å²) in [7, 11) is 0. The highest BCUT2D eigenvalue weighted by atomic mass is 19.1. The number of nitrogens with zero attached hydrogens (tertiary/aromatic N) is 11. The van der Waals surface area contributed by atoms with Crippen molar-refractivity contribution in [1.82, 2.24) is 65.2 Å². The second-order valence-corrected chi connectivity index (χ2v) is 20.2. The zero-order chi connectivity index (χ0) is 53.8. The van der Waals surface area contributed by atoms with Crippen LogP contribution in [0.3, 0.4) is 0 Å². The van der Waals surface area contributed by atoms with Crippen LogP contribution in [0.25, 0.3) is 94.9 Å². The first-order valence-electron chi connectivity index (χ1n) is 27.6. The number of nitrogens with one attached hydrogen (secondary N) is 5. The van der Waals surface area contributed by atoms with E-state index >= 15 is 8.78 Å². The van der Waals surface area contributed by atoms with Crippen LogP contribution in [-0.4, -0.2) is 104 Å². The predicted octanol–water partition coefficient (Wildman–Crippen LogP) is 13.1. The van der Waals surface area contributed by atoms with E-state index in [1.165, 1.54) is 25.7 Å². The molecule has 0 atom stereocenters. The molecule has 11 heterocycles. The maximum Gasteiger partial charge on any atom is 0.159 e. The van der Waals surface area contributed by atoms with Crippen molar-refractivity contribution >= 4 is 66.9 Å². The molecule has 0 radical (unpaired) electrons. The van der Waals surface area contributed by atoms with Gasteiger partial charge in [0.2, 0.25) is 0 Å². The van der Waals surface area contributed by atoms with Gasteiger partial charge in [0.05, 0.1) is 44.7 Å². The van der Waals surface area contributed by atoms with Crippen LogP contribution in [0.2, 0.25) is 0 Å². The SMILES string of the molecule is C=C(Nc1cncc(-c2ccc3[nH]nc(-c4nc5c(N6CCCCC6)nccc5[nH]4)c3c2F)c1)c1ccccc1.CC.Fc1c(-c2cncc(CN3CCCC3)c2)ccc2[nH]nc(-c3nc4c(N5CCCCC5)nccc4[nH]3)c12. The van der Waals surface area contributed by atoms with Crippen molar-refractivity contribution in [3.63, 3.8) is 0 Å². The molecule has 3 aliphatic rings. The number of pyridine rings is 4. The number of aromatic amines is 4. The predicted molar refractivity (Wildman–Crippen MR) is 311 cm³/mol. The fourth-order valence-electron chi connectivity index (χ4n) is 11.1. The van der Waals surface area contributed by atoms with Gasteiger partial charge in [0, 0.05) is 91.7 Å². The van der Waals surface area contributed by atoms with Gasteiger partial charge in [0.15, 0.2) is 23.3 Å². The number of imidazole rings is 2. The molecule has 0 amide bonds. The van der Waals surface area contributed by atoms with Crippen LogP contribution >= 0.6 is 0 Å². The smallest absolute Gasteiger partial charge is 0.159 e. The third kappa shape index (κ3) is 10.3. The second kappa shape index (κ2) is 22.6. The molecule has 400 valence electrons. The second-order valence-electron chi connectivity index (χ2n) is 20.2. The van der Waals surface area contributed by atoms with E-state index in [9.17, 15) is 0 Å². The average Bonchev–Trinajstić information content (AvgIpc) is 4.57. The highest BCUT2D eigenvalue weighted by molar-refractivity contribution is 5.99. The molecule has 8 aromatic heterocycles. The monoisotopic (exact) mass is 1060 g/mol. The largest absolute Gasteiger partial charge is 0.355 e. The third-order valence-electron chi connectivity index (χ3n) is 15.0.